The second kappa shape index (κ2) is 6.01. The zero-order valence-electron chi connectivity index (χ0n) is 11.6. The van der Waals surface area contributed by atoms with E-state index in [4.69, 9.17) is 0 Å². The lowest BCUT2D eigenvalue weighted by Crippen LogP contribution is -2.24. The summed E-state index contributed by atoms with van der Waals surface area (Å²) in [7, 11) is 0. The van der Waals surface area contributed by atoms with Crippen LogP contribution in [0.2, 0.25) is 0 Å². The standard InChI is InChI=1S/C14H17N5O2/c20-19(21)11-3-4-13-12(8-11)14(18-9-17-13)16-7-5-10-2-1-6-15-10/h3-4,8-10,15H,1-2,5-7H2,(H,16,17,18)/t10-/m1/s1. The van der Waals surface area contributed by atoms with Crippen LogP contribution in [0.4, 0.5) is 11.5 Å². The van der Waals surface area contributed by atoms with Crippen LogP contribution in [0.1, 0.15) is 19.3 Å². The fourth-order valence-corrected chi connectivity index (χ4v) is 2.67. The van der Waals surface area contributed by atoms with Gasteiger partial charge in [0.25, 0.3) is 5.69 Å². The molecule has 0 unspecified atom stereocenters. The Labute approximate surface area is 121 Å². The van der Waals surface area contributed by atoms with Gasteiger partial charge in [-0.3, -0.25) is 10.1 Å². The topological polar surface area (TPSA) is 93.0 Å². The minimum absolute atomic E-state index is 0.0535. The Kier molecular flexibility index (Phi) is 3.92. The third kappa shape index (κ3) is 3.08. The van der Waals surface area contributed by atoms with Crippen LogP contribution < -0.4 is 10.6 Å². The molecule has 0 radical (unpaired) electrons. The summed E-state index contributed by atoms with van der Waals surface area (Å²) in [5, 5.41) is 18.3. The highest BCUT2D eigenvalue weighted by Crippen LogP contribution is 2.24. The lowest BCUT2D eigenvalue weighted by Gasteiger charge is -2.12. The molecule has 1 atom stereocenters. The SMILES string of the molecule is O=[N+]([O-])c1ccc2ncnc(NCC[C@H]3CCCN3)c2c1. The van der Waals surface area contributed by atoms with Crippen molar-refractivity contribution in [2.75, 3.05) is 18.4 Å². The number of non-ortho nitro benzene ring substituents is 1. The first-order valence-corrected chi connectivity index (χ1v) is 7.10. The van der Waals surface area contributed by atoms with Gasteiger partial charge >= 0.3 is 0 Å². The first kappa shape index (κ1) is 13.7. The Bertz CT molecular complexity index is 655. The number of anilines is 1. The molecule has 0 saturated carbocycles. The summed E-state index contributed by atoms with van der Waals surface area (Å²) < 4.78 is 0. The van der Waals surface area contributed by atoms with Crippen LogP contribution in [0.25, 0.3) is 10.9 Å². The van der Waals surface area contributed by atoms with E-state index >= 15 is 0 Å². The third-order valence-electron chi connectivity index (χ3n) is 3.78. The predicted octanol–water partition coefficient (Wildman–Crippen LogP) is 2.09. The quantitative estimate of drug-likeness (QED) is 0.646. The molecule has 0 spiro atoms. The molecule has 1 aliphatic heterocycles. The van der Waals surface area contributed by atoms with Crippen LogP contribution in [-0.2, 0) is 0 Å². The van der Waals surface area contributed by atoms with Gasteiger partial charge in [0.1, 0.15) is 12.1 Å². The molecule has 7 nitrogen and oxygen atoms in total. The van der Waals surface area contributed by atoms with Gasteiger partial charge in [-0.05, 0) is 31.9 Å². The third-order valence-corrected chi connectivity index (χ3v) is 3.78. The molecule has 21 heavy (non-hydrogen) atoms. The van der Waals surface area contributed by atoms with E-state index in [1.807, 2.05) is 0 Å². The molecule has 0 amide bonds. The largest absolute Gasteiger partial charge is 0.369 e. The molecule has 7 heteroatoms. The van der Waals surface area contributed by atoms with Crippen molar-refractivity contribution in [2.45, 2.75) is 25.3 Å². The highest BCUT2D eigenvalue weighted by Gasteiger charge is 2.14. The van der Waals surface area contributed by atoms with Crippen LogP contribution in [0, 0.1) is 10.1 Å². The fraction of sp³-hybridized carbons (Fsp3) is 0.429. The molecule has 2 heterocycles. The average Bonchev–Trinajstić information content (AvgIpc) is 3.00. The number of hydrogen-bond donors (Lipinski definition) is 2. The molecule has 1 fully saturated rings. The molecule has 1 aromatic carbocycles. The highest BCUT2D eigenvalue weighted by atomic mass is 16.6. The van der Waals surface area contributed by atoms with Crippen molar-refractivity contribution in [1.29, 1.82) is 0 Å². The number of fused-ring (bicyclic) bond motifs is 1. The Morgan fingerprint density at radius 1 is 1.43 bits per heavy atom. The zero-order chi connectivity index (χ0) is 14.7. The zero-order valence-corrected chi connectivity index (χ0v) is 11.6. The van der Waals surface area contributed by atoms with Gasteiger partial charge in [0.05, 0.1) is 10.4 Å². The smallest absolute Gasteiger partial charge is 0.270 e. The lowest BCUT2D eigenvalue weighted by atomic mass is 10.1. The van der Waals surface area contributed by atoms with Crippen LogP contribution in [-0.4, -0.2) is 34.0 Å². The Morgan fingerprint density at radius 2 is 2.33 bits per heavy atom. The maximum Gasteiger partial charge on any atom is 0.270 e. The molecule has 110 valence electrons. The van der Waals surface area contributed by atoms with Gasteiger partial charge in [-0.2, -0.15) is 0 Å². The van der Waals surface area contributed by atoms with Gasteiger partial charge in [0.15, 0.2) is 0 Å². The number of benzene rings is 1. The van der Waals surface area contributed by atoms with E-state index in [1.54, 1.807) is 6.07 Å². The van der Waals surface area contributed by atoms with Gasteiger partial charge in [0, 0.05) is 30.1 Å². The number of nitro benzene ring substituents is 1. The minimum atomic E-state index is -0.404. The summed E-state index contributed by atoms with van der Waals surface area (Å²) in [6, 6.07) is 5.19. The highest BCUT2D eigenvalue weighted by molar-refractivity contribution is 5.90. The average molecular weight is 287 g/mol. The summed E-state index contributed by atoms with van der Waals surface area (Å²) in [5.41, 5.74) is 0.759. The first-order chi connectivity index (χ1) is 10.2. The minimum Gasteiger partial charge on any atom is -0.369 e. The summed E-state index contributed by atoms with van der Waals surface area (Å²) in [4.78, 5) is 18.8. The number of rotatable bonds is 5. The van der Waals surface area contributed by atoms with Gasteiger partial charge in [0.2, 0.25) is 0 Å². The van der Waals surface area contributed by atoms with Crippen molar-refractivity contribution >= 4 is 22.4 Å². The van der Waals surface area contributed by atoms with Crippen molar-refractivity contribution in [3.05, 3.63) is 34.6 Å². The number of hydrogen-bond acceptors (Lipinski definition) is 6. The summed E-state index contributed by atoms with van der Waals surface area (Å²) >= 11 is 0. The molecular weight excluding hydrogens is 270 g/mol. The summed E-state index contributed by atoms with van der Waals surface area (Å²) in [6.07, 6.45) is 4.93. The maximum atomic E-state index is 10.9. The van der Waals surface area contributed by atoms with Crippen LogP contribution in [0.15, 0.2) is 24.5 Å². The number of aromatic nitrogens is 2. The van der Waals surface area contributed by atoms with Crippen molar-refractivity contribution in [3.8, 4) is 0 Å². The molecule has 0 aliphatic carbocycles. The van der Waals surface area contributed by atoms with Crippen LogP contribution in [0.5, 0.6) is 0 Å². The van der Waals surface area contributed by atoms with E-state index in [1.165, 1.54) is 31.3 Å². The van der Waals surface area contributed by atoms with Gasteiger partial charge in [-0.1, -0.05) is 0 Å². The van der Waals surface area contributed by atoms with E-state index in [-0.39, 0.29) is 5.69 Å². The molecule has 1 aromatic heterocycles. The maximum absolute atomic E-state index is 10.9. The molecule has 0 bridgehead atoms. The van der Waals surface area contributed by atoms with Crippen LogP contribution >= 0.6 is 0 Å². The van der Waals surface area contributed by atoms with Crippen molar-refractivity contribution in [1.82, 2.24) is 15.3 Å². The monoisotopic (exact) mass is 287 g/mol. The van der Waals surface area contributed by atoms with Crippen LogP contribution in [0.3, 0.4) is 0 Å². The molecule has 1 aliphatic rings. The fourth-order valence-electron chi connectivity index (χ4n) is 2.67. The molecule has 2 N–H and O–H groups in total. The summed E-state index contributed by atoms with van der Waals surface area (Å²) in [6.45, 7) is 1.87. The van der Waals surface area contributed by atoms with Crippen molar-refractivity contribution in [2.24, 2.45) is 0 Å². The second-order valence-electron chi connectivity index (χ2n) is 5.19. The number of nitrogens with zero attached hydrogens (tertiary/aromatic N) is 3. The number of nitrogens with one attached hydrogen (secondary N) is 2. The number of nitro groups is 1. The Morgan fingerprint density at radius 3 is 3.10 bits per heavy atom. The van der Waals surface area contributed by atoms with Gasteiger partial charge < -0.3 is 10.6 Å². The first-order valence-electron chi connectivity index (χ1n) is 7.10. The van der Waals surface area contributed by atoms with Gasteiger partial charge in [-0.25, -0.2) is 9.97 Å². The normalized spacial score (nSPS) is 18.0. The van der Waals surface area contributed by atoms with E-state index in [0.717, 1.165) is 19.5 Å². The molecular formula is C14H17N5O2. The second-order valence-corrected chi connectivity index (χ2v) is 5.19. The summed E-state index contributed by atoms with van der Waals surface area (Å²) in [5.74, 6) is 0.654. The predicted molar refractivity (Wildman–Crippen MR) is 80.3 cm³/mol. The van der Waals surface area contributed by atoms with E-state index < -0.39 is 4.92 Å². The Balaban J connectivity index is 1.76. The van der Waals surface area contributed by atoms with E-state index in [9.17, 15) is 10.1 Å². The van der Waals surface area contributed by atoms with E-state index in [0.29, 0.717) is 22.8 Å². The van der Waals surface area contributed by atoms with Gasteiger partial charge in [-0.15, -0.1) is 0 Å². The lowest BCUT2D eigenvalue weighted by molar-refractivity contribution is -0.384. The molecule has 3 rings (SSSR count). The van der Waals surface area contributed by atoms with Crippen molar-refractivity contribution < 1.29 is 4.92 Å². The Hall–Kier alpha value is -2.28. The molecule has 2 aromatic rings. The van der Waals surface area contributed by atoms with E-state index in [2.05, 4.69) is 20.6 Å². The van der Waals surface area contributed by atoms with Crippen molar-refractivity contribution in [3.63, 3.8) is 0 Å². The molecule has 1 saturated heterocycles.